The van der Waals surface area contributed by atoms with Gasteiger partial charge in [0.15, 0.2) is 11.4 Å². The van der Waals surface area contributed by atoms with Gasteiger partial charge < -0.3 is 9.52 Å². The number of carboxylic acid groups (broad SMARTS) is 1. The van der Waals surface area contributed by atoms with Crippen LogP contribution in [0.25, 0.3) is 11.1 Å². The Labute approximate surface area is 114 Å². The Hall–Kier alpha value is -2.37. The van der Waals surface area contributed by atoms with Crippen LogP contribution in [0.15, 0.2) is 27.4 Å². The number of fused-ring (bicyclic) bond motifs is 1. The molecule has 0 spiro atoms. The molecule has 20 heavy (non-hydrogen) atoms. The topological polar surface area (TPSA) is 89.5 Å². The maximum absolute atomic E-state index is 11.8. The minimum Gasteiger partial charge on any atom is -0.481 e. The zero-order valence-corrected chi connectivity index (χ0v) is 11.1. The van der Waals surface area contributed by atoms with Crippen molar-refractivity contribution in [3.63, 3.8) is 0 Å². The van der Waals surface area contributed by atoms with Crippen LogP contribution in [-0.2, 0) is 11.3 Å². The summed E-state index contributed by atoms with van der Waals surface area (Å²) >= 11 is 0. The molecule has 0 atom stereocenters. The van der Waals surface area contributed by atoms with Gasteiger partial charge in [0.2, 0.25) is 0 Å². The van der Waals surface area contributed by atoms with E-state index in [0.717, 1.165) is 6.42 Å². The first kappa shape index (κ1) is 14.0. The fourth-order valence-corrected chi connectivity index (χ4v) is 2.04. The van der Waals surface area contributed by atoms with Crippen LogP contribution in [0.3, 0.4) is 0 Å². The first-order valence-corrected chi connectivity index (χ1v) is 6.41. The Morgan fingerprint density at radius 3 is 2.70 bits per heavy atom. The molecule has 0 bridgehead atoms. The fourth-order valence-electron chi connectivity index (χ4n) is 2.04. The Balaban J connectivity index is 2.32. The number of nitrogens with zero attached hydrogens (tertiary/aromatic N) is 1. The molecule has 0 aliphatic heterocycles. The third-order valence-corrected chi connectivity index (χ3v) is 3.00. The summed E-state index contributed by atoms with van der Waals surface area (Å²) in [7, 11) is 0. The zero-order valence-electron chi connectivity index (χ0n) is 11.1. The Kier molecular flexibility index (Phi) is 4.02. The zero-order chi connectivity index (χ0) is 14.7. The predicted molar refractivity (Wildman–Crippen MR) is 72.0 cm³/mol. The van der Waals surface area contributed by atoms with Crippen molar-refractivity contribution in [3.8, 4) is 0 Å². The quantitative estimate of drug-likeness (QED) is 0.816. The molecule has 0 aliphatic carbocycles. The van der Waals surface area contributed by atoms with Gasteiger partial charge in [-0.1, -0.05) is 6.92 Å². The molecule has 1 N–H and O–H groups in total. The van der Waals surface area contributed by atoms with Gasteiger partial charge in [-0.3, -0.25) is 14.2 Å². The molecule has 2 rings (SSSR count). The average molecular weight is 277 g/mol. The van der Waals surface area contributed by atoms with Crippen molar-refractivity contribution in [2.75, 3.05) is 0 Å². The minimum absolute atomic E-state index is 0.0687. The van der Waals surface area contributed by atoms with Crippen LogP contribution >= 0.6 is 0 Å². The van der Waals surface area contributed by atoms with Gasteiger partial charge in [-0.2, -0.15) is 0 Å². The largest absolute Gasteiger partial charge is 0.481 e. The van der Waals surface area contributed by atoms with E-state index in [2.05, 4.69) is 0 Å². The highest BCUT2D eigenvalue weighted by Gasteiger charge is 2.13. The number of carboxylic acids is 1. The monoisotopic (exact) mass is 277 g/mol. The summed E-state index contributed by atoms with van der Waals surface area (Å²) in [6.45, 7) is 2.51. The molecule has 0 aliphatic rings. The second-order valence-corrected chi connectivity index (χ2v) is 4.52. The van der Waals surface area contributed by atoms with Gasteiger partial charge in [0.25, 0.3) is 0 Å². The number of rotatable bonds is 6. The van der Waals surface area contributed by atoms with E-state index in [-0.39, 0.29) is 18.6 Å². The molecule has 0 saturated carbocycles. The number of benzene rings is 1. The Morgan fingerprint density at radius 1 is 1.30 bits per heavy atom. The van der Waals surface area contributed by atoms with Crippen molar-refractivity contribution in [2.45, 2.75) is 32.7 Å². The lowest BCUT2D eigenvalue weighted by atomic mass is 10.1. The number of oxazole rings is 1. The summed E-state index contributed by atoms with van der Waals surface area (Å²) in [6.07, 6.45) is 0.520. The van der Waals surface area contributed by atoms with E-state index in [1.165, 1.54) is 10.6 Å². The van der Waals surface area contributed by atoms with Crippen LogP contribution in [0.5, 0.6) is 0 Å². The van der Waals surface area contributed by atoms with Crippen LogP contribution in [0, 0.1) is 0 Å². The highest BCUT2D eigenvalue weighted by Crippen LogP contribution is 2.17. The highest BCUT2D eigenvalue weighted by atomic mass is 16.4. The second kappa shape index (κ2) is 5.73. The highest BCUT2D eigenvalue weighted by molar-refractivity contribution is 5.99. The van der Waals surface area contributed by atoms with Crippen molar-refractivity contribution in [3.05, 3.63) is 34.3 Å². The molecule has 1 aromatic heterocycles. The van der Waals surface area contributed by atoms with Crippen LogP contribution < -0.4 is 5.76 Å². The summed E-state index contributed by atoms with van der Waals surface area (Å²) in [5, 5.41) is 8.56. The summed E-state index contributed by atoms with van der Waals surface area (Å²) in [5.74, 6) is -1.74. The van der Waals surface area contributed by atoms with Gasteiger partial charge in [-0.25, -0.2) is 4.79 Å². The van der Waals surface area contributed by atoms with E-state index < -0.39 is 11.7 Å². The number of hydrogen-bond acceptors (Lipinski definition) is 4. The van der Waals surface area contributed by atoms with E-state index in [4.69, 9.17) is 9.52 Å². The molecule has 0 unspecified atom stereocenters. The van der Waals surface area contributed by atoms with Gasteiger partial charge in [0.05, 0.1) is 11.9 Å². The molecule has 6 nitrogen and oxygen atoms in total. The smallest absolute Gasteiger partial charge is 0.419 e. The van der Waals surface area contributed by atoms with Crippen molar-refractivity contribution in [1.29, 1.82) is 0 Å². The number of ketones is 1. The normalized spacial score (nSPS) is 10.8. The molecule has 0 radical (unpaired) electrons. The number of Topliss-reactive ketones (excluding diaryl/α,β-unsaturated/α-hetero) is 1. The number of carbonyl (C=O) groups excluding carboxylic acids is 1. The third-order valence-electron chi connectivity index (χ3n) is 3.00. The molecular formula is C14H15NO5. The third kappa shape index (κ3) is 2.79. The lowest BCUT2D eigenvalue weighted by Gasteiger charge is -2.01. The molecule has 106 valence electrons. The number of aliphatic carboxylic acids is 1. The van der Waals surface area contributed by atoms with E-state index >= 15 is 0 Å². The second-order valence-electron chi connectivity index (χ2n) is 4.52. The number of aromatic nitrogens is 1. The molecular weight excluding hydrogens is 262 g/mol. The standard InChI is InChI=1S/C14H15NO5/c1-2-7-15-10-4-3-9(8-12(10)20-14(15)19)11(16)5-6-13(17)18/h3-4,8H,2,5-7H2,1H3,(H,17,18). The maximum atomic E-state index is 11.8. The lowest BCUT2D eigenvalue weighted by Crippen LogP contribution is -2.13. The van der Waals surface area contributed by atoms with Crippen molar-refractivity contribution in [2.24, 2.45) is 0 Å². The van der Waals surface area contributed by atoms with E-state index in [0.29, 0.717) is 23.2 Å². The van der Waals surface area contributed by atoms with Crippen LogP contribution in [-0.4, -0.2) is 21.4 Å². The minimum atomic E-state index is -1.01. The van der Waals surface area contributed by atoms with Crippen molar-refractivity contribution in [1.82, 2.24) is 4.57 Å². The molecule has 0 amide bonds. The Morgan fingerprint density at radius 2 is 2.05 bits per heavy atom. The summed E-state index contributed by atoms with van der Waals surface area (Å²) in [6, 6.07) is 4.74. The summed E-state index contributed by atoms with van der Waals surface area (Å²) in [4.78, 5) is 33.9. The van der Waals surface area contributed by atoms with Gasteiger partial charge in [-0.05, 0) is 24.6 Å². The predicted octanol–water partition coefficient (Wildman–Crippen LogP) is 2.05. The molecule has 6 heteroatoms. The summed E-state index contributed by atoms with van der Waals surface area (Å²) < 4.78 is 6.62. The van der Waals surface area contributed by atoms with Crippen LogP contribution in [0.1, 0.15) is 36.5 Å². The lowest BCUT2D eigenvalue weighted by molar-refractivity contribution is -0.136. The molecule has 1 aromatic carbocycles. The van der Waals surface area contributed by atoms with Crippen molar-refractivity contribution >= 4 is 22.9 Å². The maximum Gasteiger partial charge on any atom is 0.419 e. The van der Waals surface area contributed by atoms with Crippen LogP contribution in [0.2, 0.25) is 0 Å². The number of aryl methyl sites for hydroxylation is 1. The SMILES string of the molecule is CCCn1c(=O)oc2cc(C(=O)CCC(=O)O)ccc21. The first-order valence-electron chi connectivity index (χ1n) is 6.41. The van der Waals surface area contributed by atoms with Gasteiger partial charge in [0.1, 0.15) is 0 Å². The number of carbonyl (C=O) groups is 2. The van der Waals surface area contributed by atoms with Crippen LogP contribution in [0.4, 0.5) is 0 Å². The fraction of sp³-hybridized carbons (Fsp3) is 0.357. The summed E-state index contributed by atoms with van der Waals surface area (Å²) in [5.41, 5.74) is 1.35. The molecule has 1 heterocycles. The Bertz CT molecular complexity index is 710. The van der Waals surface area contributed by atoms with E-state index in [1.807, 2.05) is 6.92 Å². The van der Waals surface area contributed by atoms with Gasteiger partial charge in [0, 0.05) is 18.5 Å². The van der Waals surface area contributed by atoms with Gasteiger partial charge in [-0.15, -0.1) is 0 Å². The van der Waals surface area contributed by atoms with E-state index in [1.54, 1.807) is 12.1 Å². The molecule has 2 aromatic rings. The molecule has 0 fully saturated rings. The first-order chi connectivity index (χ1) is 9.52. The van der Waals surface area contributed by atoms with Gasteiger partial charge >= 0.3 is 11.7 Å². The van der Waals surface area contributed by atoms with Crippen molar-refractivity contribution < 1.29 is 19.1 Å². The molecule has 0 saturated heterocycles. The number of hydrogen-bond donors (Lipinski definition) is 1. The van der Waals surface area contributed by atoms with E-state index in [9.17, 15) is 14.4 Å². The average Bonchev–Trinajstić information content (AvgIpc) is 2.72.